The van der Waals surface area contributed by atoms with Gasteiger partial charge in [0.1, 0.15) is 0 Å². The molecule has 1 heterocycles. The summed E-state index contributed by atoms with van der Waals surface area (Å²) in [6.07, 6.45) is 3.15. The Kier molecular flexibility index (Phi) is 3.96. The molecule has 1 aromatic heterocycles. The zero-order chi connectivity index (χ0) is 13.7. The number of nitrogens with one attached hydrogen (secondary N) is 2. The van der Waals surface area contributed by atoms with Crippen LogP contribution in [0.4, 0.5) is 5.69 Å². The smallest absolute Gasteiger partial charge is 0.257 e. The first-order valence-corrected chi connectivity index (χ1v) is 5.80. The van der Waals surface area contributed by atoms with Crippen LogP contribution in [0.25, 0.3) is 0 Å². The number of nitrogens with two attached hydrogens (primary N) is 1. The van der Waals surface area contributed by atoms with Crippen molar-refractivity contribution in [2.24, 2.45) is 5.73 Å². The van der Waals surface area contributed by atoms with E-state index in [0.717, 1.165) is 5.56 Å². The van der Waals surface area contributed by atoms with Crippen molar-refractivity contribution in [2.45, 2.75) is 6.92 Å². The minimum atomic E-state index is -0.216. The molecule has 2 rings (SSSR count). The summed E-state index contributed by atoms with van der Waals surface area (Å²) in [4.78, 5) is 12.2. The van der Waals surface area contributed by atoms with Crippen molar-refractivity contribution in [1.82, 2.24) is 10.2 Å². The third-order valence-corrected chi connectivity index (χ3v) is 2.50. The van der Waals surface area contributed by atoms with Gasteiger partial charge in [0, 0.05) is 11.8 Å². The average Bonchev–Trinajstić information content (AvgIpc) is 2.90. The molecule has 0 radical (unpaired) electrons. The molecule has 0 fully saturated rings. The summed E-state index contributed by atoms with van der Waals surface area (Å²) in [5, 5.41) is 9.16. The number of H-pyrrole nitrogens is 1. The summed E-state index contributed by atoms with van der Waals surface area (Å²) in [6, 6.07) is 5.54. The highest BCUT2D eigenvalue weighted by Crippen LogP contribution is 2.13. The Hall–Kier alpha value is -2.58. The van der Waals surface area contributed by atoms with Crippen molar-refractivity contribution in [2.75, 3.05) is 11.9 Å². The first-order valence-electron chi connectivity index (χ1n) is 5.80. The van der Waals surface area contributed by atoms with Crippen LogP contribution in [-0.2, 0) is 0 Å². The van der Waals surface area contributed by atoms with Crippen LogP contribution < -0.4 is 11.1 Å². The number of carbonyl (C=O) groups excluding carboxylic acids is 1. The molecule has 1 aromatic carbocycles. The largest absolute Gasteiger partial charge is 0.320 e. The summed E-state index contributed by atoms with van der Waals surface area (Å²) in [5.41, 5.74) is 8.16. The second kappa shape index (κ2) is 5.85. The number of carbonyl (C=O) groups is 1. The van der Waals surface area contributed by atoms with Crippen LogP contribution in [0.2, 0.25) is 0 Å². The average molecular weight is 254 g/mol. The van der Waals surface area contributed by atoms with Crippen LogP contribution in [-0.4, -0.2) is 22.6 Å². The number of hydrogen-bond donors (Lipinski definition) is 3. The highest BCUT2D eigenvalue weighted by molar-refractivity contribution is 6.06. The molecule has 4 N–H and O–H groups in total. The minimum absolute atomic E-state index is 0.216. The van der Waals surface area contributed by atoms with E-state index in [0.29, 0.717) is 16.8 Å². The van der Waals surface area contributed by atoms with Crippen LogP contribution in [0.5, 0.6) is 0 Å². The van der Waals surface area contributed by atoms with Crippen molar-refractivity contribution >= 4 is 11.6 Å². The fourth-order valence-corrected chi connectivity index (χ4v) is 1.62. The van der Waals surface area contributed by atoms with E-state index in [4.69, 9.17) is 5.73 Å². The topological polar surface area (TPSA) is 83.8 Å². The van der Waals surface area contributed by atoms with E-state index >= 15 is 0 Å². The highest BCUT2D eigenvalue weighted by atomic mass is 16.1. The number of rotatable bonds is 2. The Balaban J connectivity index is 2.31. The molecule has 0 unspecified atom stereocenters. The first kappa shape index (κ1) is 12.9. The lowest BCUT2D eigenvalue weighted by Gasteiger charge is -2.06. The maximum Gasteiger partial charge on any atom is 0.257 e. The van der Waals surface area contributed by atoms with Gasteiger partial charge in [0.05, 0.1) is 24.0 Å². The van der Waals surface area contributed by atoms with Gasteiger partial charge in [-0.15, -0.1) is 0 Å². The molecule has 0 aliphatic heterocycles. The van der Waals surface area contributed by atoms with E-state index in [2.05, 4.69) is 27.4 Å². The van der Waals surface area contributed by atoms with Gasteiger partial charge in [0.15, 0.2) is 0 Å². The van der Waals surface area contributed by atoms with Gasteiger partial charge in [-0.3, -0.25) is 9.89 Å². The van der Waals surface area contributed by atoms with E-state index in [1.54, 1.807) is 18.5 Å². The Bertz CT molecular complexity index is 635. The predicted molar refractivity (Wildman–Crippen MR) is 73.7 cm³/mol. The van der Waals surface area contributed by atoms with Gasteiger partial charge in [-0.1, -0.05) is 23.5 Å². The van der Waals surface area contributed by atoms with E-state index in [9.17, 15) is 4.79 Å². The molecule has 0 saturated heterocycles. The van der Waals surface area contributed by atoms with Crippen LogP contribution in [0.15, 0.2) is 30.6 Å². The number of benzene rings is 1. The van der Waals surface area contributed by atoms with Gasteiger partial charge in [0.2, 0.25) is 0 Å². The zero-order valence-electron chi connectivity index (χ0n) is 10.5. The second-order valence-electron chi connectivity index (χ2n) is 4.00. The number of anilines is 1. The van der Waals surface area contributed by atoms with Crippen molar-refractivity contribution in [3.8, 4) is 11.8 Å². The highest BCUT2D eigenvalue weighted by Gasteiger charge is 2.11. The molecule has 0 spiro atoms. The van der Waals surface area contributed by atoms with Gasteiger partial charge >= 0.3 is 0 Å². The lowest BCUT2D eigenvalue weighted by molar-refractivity contribution is 0.102. The molecule has 2 aromatic rings. The predicted octanol–water partition coefficient (Wildman–Crippen LogP) is 1.28. The van der Waals surface area contributed by atoms with Crippen molar-refractivity contribution < 1.29 is 4.79 Å². The maximum atomic E-state index is 12.2. The maximum absolute atomic E-state index is 12.2. The van der Waals surface area contributed by atoms with Gasteiger partial charge < -0.3 is 11.1 Å². The van der Waals surface area contributed by atoms with Gasteiger partial charge in [-0.25, -0.2) is 0 Å². The monoisotopic (exact) mass is 254 g/mol. The number of aryl methyl sites for hydroxylation is 1. The fourth-order valence-electron chi connectivity index (χ4n) is 1.62. The molecule has 5 nitrogen and oxygen atoms in total. The summed E-state index contributed by atoms with van der Waals surface area (Å²) in [5.74, 6) is 5.44. The normalized spacial score (nSPS) is 9.58. The number of amides is 1. The summed E-state index contributed by atoms with van der Waals surface area (Å²) >= 11 is 0. The standard InChI is InChI=1S/C14H14N4O/c1-10-4-5-11(3-2-6-15)13(7-10)14(19)18-12-8-16-17-9-12/h4-5,7-9H,6,15H2,1H3,(H,16,17)(H,18,19). The third kappa shape index (κ3) is 3.21. The van der Waals surface area contributed by atoms with Crippen LogP contribution in [0.1, 0.15) is 21.5 Å². The van der Waals surface area contributed by atoms with E-state index in [1.165, 1.54) is 0 Å². The molecule has 5 heteroatoms. The fraction of sp³-hybridized carbons (Fsp3) is 0.143. The first-order chi connectivity index (χ1) is 9.20. The number of aromatic nitrogens is 2. The third-order valence-electron chi connectivity index (χ3n) is 2.50. The van der Waals surface area contributed by atoms with E-state index in [-0.39, 0.29) is 12.5 Å². The summed E-state index contributed by atoms with van der Waals surface area (Å²) in [7, 11) is 0. The molecule has 0 atom stereocenters. The molecule has 0 saturated carbocycles. The molecule has 19 heavy (non-hydrogen) atoms. The van der Waals surface area contributed by atoms with E-state index < -0.39 is 0 Å². The Morgan fingerprint density at radius 1 is 1.53 bits per heavy atom. The molecular formula is C14H14N4O. The Morgan fingerprint density at radius 3 is 3.05 bits per heavy atom. The van der Waals surface area contributed by atoms with Gasteiger partial charge in [0.25, 0.3) is 5.91 Å². The number of aromatic amines is 1. The van der Waals surface area contributed by atoms with Crippen LogP contribution in [0, 0.1) is 18.8 Å². The lowest BCUT2D eigenvalue weighted by Crippen LogP contribution is -2.13. The van der Waals surface area contributed by atoms with E-state index in [1.807, 2.05) is 19.1 Å². The lowest BCUT2D eigenvalue weighted by atomic mass is 10.0. The Labute approximate surface area is 111 Å². The summed E-state index contributed by atoms with van der Waals surface area (Å²) in [6.45, 7) is 2.19. The van der Waals surface area contributed by atoms with Crippen molar-refractivity contribution in [3.63, 3.8) is 0 Å². The Morgan fingerprint density at radius 2 is 2.37 bits per heavy atom. The van der Waals surface area contributed by atoms with Crippen LogP contribution in [0.3, 0.4) is 0 Å². The molecule has 0 aliphatic rings. The molecule has 1 amide bonds. The molecular weight excluding hydrogens is 240 g/mol. The minimum Gasteiger partial charge on any atom is -0.320 e. The second-order valence-corrected chi connectivity index (χ2v) is 4.00. The summed E-state index contributed by atoms with van der Waals surface area (Å²) < 4.78 is 0. The zero-order valence-corrected chi connectivity index (χ0v) is 10.5. The van der Waals surface area contributed by atoms with Gasteiger partial charge in [-0.05, 0) is 19.1 Å². The van der Waals surface area contributed by atoms with Crippen molar-refractivity contribution in [3.05, 3.63) is 47.3 Å². The molecule has 96 valence electrons. The molecule has 0 aliphatic carbocycles. The SMILES string of the molecule is Cc1ccc(C#CCN)c(C(=O)Nc2cn[nH]c2)c1. The van der Waals surface area contributed by atoms with Crippen LogP contribution >= 0.6 is 0 Å². The quantitative estimate of drug-likeness (QED) is 0.706. The molecule has 0 bridgehead atoms. The number of hydrogen-bond acceptors (Lipinski definition) is 3. The number of nitrogens with zero attached hydrogens (tertiary/aromatic N) is 1. The van der Waals surface area contributed by atoms with Crippen molar-refractivity contribution in [1.29, 1.82) is 0 Å². The van der Waals surface area contributed by atoms with Gasteiger partial charge in [-0.2, -0.15) is 5.10 Å².